The Labute approximate surface area is 128 Å². The Balaban J connectivity index is 2.38. The molecule has 2 saturated carbocycles. The number of hydrogen-bond acceptors (Lipinski definition) is 0. The molecule has 0 aromatic carbocycles. The first-order valence-corrected chi connectivity index (χ1v) is 9.25. The van der Waals surface area contributed by atoms with Crippen LogP contribution in [0.1, 0.15) is 99.3 Å². The van der Waals surface area contributed by atoms with Crippen molar-refractivity contribution in [3.05, 3.63) is 0 Å². The summed E-state index contributed by atoms with van der Waals surface area (Å²) in [6, 6.07) is 0. The molecule has 2 fully saturated rings. The zero-order valence-corrected chi connectivity index (χ0v) is 15.0. The molecule has 0 N–H and O–H groups in total. The fourth-order valence-corrected chi connectivity index (χ4v) is 5.35. The molecule has 2 bridgehead atoms. The Morgan fingerprint density at radius 2 is 1.60 bits per heavy atom. The standard InChI is InChI=1S/C20H38/c1-7-19(5)11-8-9-17(3)18(4)13-14-20(19,6)12-10-16(2)15-18/h16-17H,7-15H2,1-6H3. The summed E-state index contributed by atoms with van der Waals surface area (Å²) in [7, 11) is 0. The van der Waals surface area contributed by atoms with Crippen LogP contribution in [0.2, 0.25) is 0 Å². The van der Waals surface area contributed by atoms with E-state index >= 15 is 0 Å². The van der Waals surface area contributed by atoms with Crippen molar-refractivity contribution in [3.63, 3.8) is 0 Å². The van der Waals surface area contributed by atoms with Crippen LogP contribution >= 0.6 is 0 Å². The van der Waals surface area contributed by atoms with Crippen LogP contribution in [0, 0.1) is 28.1 Å². The van der Waals surface area contributed by atoms with E-state index in [0.29, 0.717) is 16.2 Å². The van der Waals surface area contributed by atoms with Crippen molar-refractivity contribution >= 4 is 0 Å². The van der Waals surface area contributed by atoms with Crippen molar-refractivity contribution in [3.8, 4) is 0 Å². The number of fused-ring (bicyclic) bond motifs is 3. The van der Waals surface area contributed by atoms with Gasteiger partial charge in [0.05, 0.1) is 0 Å². The van der Waals surface area contributed by atoms with Gasteiger partial charge < -0.3 is 0 Å². The van der Waals surface area contributed by atoms with Crippen molar-refractivity contribution in [2.75, 3.05) is 0 Å². The van der Waals surface area contributed by atoms with Crippen LogP contribution in [-0.2, 0) is 0 Å². The monoisotopic (exact) mass is 278 g/mol. The highest BCUT2D eigenvalue weighted by molar-refractivity contribution is 4.97. The molecule has 0 saturated heterocycles. The minimum atomic E-state index is 0.565. The van der Waals surface area contributed by atoms with Gasteiger partial charge in [0.25, 0.3) is 0 Å². The van der Waals surface area contributed by atoms with Crippen molar-refractivity contribution in [2.24, 2.45) is 28.1 Å². The van der Waals surface area contributed by atoms with Crippen molar-refractivity contribution in [2.45, 2.75) is 99.3 Å². The summed E-state index contributed by atoms with van der Waals surface area (Å²) in [6.07, 6.45) is 13.0. The van der Waals surface area contributed by atoms with Crippen LogP contribution in [-0.4, -0.2) is 0 Å². The van der Waals surface area contributed by atoms with E-state index in [0.717, 1.165) is 11.8 Å². The molecular formula is C20H38. The number of rotatable bonds is 1. The lowest BCUT2D eigenvalue weighted by Gasteiger charge is -2.50. The van der Waals surface area contributed by atoms with E-state index < -0.39 is 0 Å². The Kier molecular flexibility index (Phi) is 4.63. The van der Waals surface area contributed by atoms with Crippen LogP contribution in [0.25, 0.3) is 0 Å². The zero-order chi connectivity index (χ0) is 15.0. The summed E-state index contributed by atoms with van der Waals surface area (Å²) in [5, 5.41) is 0. The third-order valence-corrected chi connectivity index (χ3v) is 8.04. The summed E-state index contributed by atoms with van der Waals surface area (Å²) >= 11 is 0. The molecular weight excluding hydrogens is 240 g/mol. The topological polar surface area (TPSA) is 0 Å². The smallest absolute Gasteiger partial charge is 0.0272 e. The Morgan fingerprint density at radius 1 is 0.900 bits per heavy atom. The maximum absolute atomic E-state index is 2.63. The van der Waals surface area contributed by atoms with Crippen LogP contribution in [0.3, 0.4) is 0 Å². The SMILES string of the molecule is CCC1(C)CCCC(C)C2(C)CCC1(C)CCC(C)C2. The molecule has 2 rings (SSSR count). The maximum Gasteiger partial charge on any atom is -0.0272 e. The fraction of sp³-hybridized carbons (Fsp3) is 1.00. The molecule has 0 aliphatic heterocycles. The van der Waals surface area contributed by atoms with E-state index in [1.165, 1.54) is 57.8 Å². The molecule has 5 unspecified atom stereocenters. The van der Waals surface area contributed by atoms with E-state index in [1.54, 1.807) is 0 Å². The first-order valence-electron chi connectivity index (χ1n) is 9.25. The third-order valence-electron chi connectivity index (χ3n) is 8.04. The fourth-order valence-electron chi connectivity index (χ4n) is 5.35. The summed E-state index contributed by atoms with van der Waals surface area (Å²) < 4.78 is 0. The second kappa shape index (κ2) is 5.65. The van der Waals surface area contributed by atoms with Gasteiger partial charge in [0.15, 0.2) is 0 Å². The van der Waals surface area contributed by atoms with Gasteiger partial charge in [-0.3, -0.25) is 0 Å². The predicted octanol–water partition coefficient (Wildman–Crippen LogP) is 6.84. The molecule has 0 nitrogen and oxygen atoms in total. The molecule has 0 aromatic rings. The average Bonchev–Trinajstić information content (AvgIpc) is 2.42. The lowest BCUT2D eigenvalue weighted by atomic mass is 9.55. The Hall–Kier alpha value is 0. The van der Waals surface area contributed by atoms with E-state index in [9.17, 15) is 0 Å². The molecule has 0 amide bonds. The minimum absolute atomic E-state index is 0.565. The second-order valence-electron chi connectivity index (χ2n) is 9.27. The van der Waals surface area contributed by atoms with Gasteiger partial charge in [0.2, 0.25) is 0 Å². The average molecular weight is 279 g/mol. The largest absolute Gasteiger partial charge is 0.0648 e. The summed E-state index contributed by atoms with van der Waals surface area (Å²) in [5.41, 5.74) is 1.73. The first kappa shape index (κ1) is 16.4. The lowest BCUT2D eigenvalue weighted by molar-refractivity contribution is 0.00169. The van der Waals surface area contributed by atoms with Gasteiger partial charge in [-0.25, -0.2) is 0 Å². The highest BCUT2D eigenvalue weighted by atomic mass is 14.5. The van der Waals surface area contributed by atoms with E-state index in [2.05, 4.69) is 41.5 Å². The first-order chi connectivity index (χ1) is 9.25. The highest BCUT2D eigenvalue weighted by Gasteiger charge is 2.47. The molecule has 20 heavy (non-hydrogen) atoms. The van der Waals surface area contributed by atoms with Gasteiger partial charge in [0.1, 0.15) is 0 Å². The molecule has 2 aliphatic carbocycles. The molecule has 0 heterocycles. The normalized spacial score (nSPS) is 50.7. The molecule has 0 spiro atoms. The zero-order valence-electron chi connectivity index (χ0n) is 15.0. The Bertz CT molecular complexity index is 333. The van der Waals surface area contributed by atoms with E-state index in [-0.39, 0.29) is 0 Å². The van der Waals surface area contributed by atoms with Crippen molar-refractivity contribution in [1.29, 1.82) is 0 Å². The third kappa shape index (κ3) is 2.81. The molecule has 0 radical (unpaired) electrons. The highest BCUT2D eigenvalue weighted by Crippen LogP contribution is 2.58. The molecule has 118 valence electrons. The van der Waals surface area contributed by atoms with Gasteiger partial charge in [-0.2, -0.15) is 0 Å². The maximum atomic E-state index is 2.63. The lowest BCUT2D eigenvalue weighted by Crippen LogP contribution is -2.40. The number of hydrogen-bond donors (Lipinski definition) is 0. The predicted molar refractivity (Wildman–Crippen MR) is 89.9 cm³/mol. The van der Waals surface area contributed by atoms with Crippen molar-refractivity contribution < 1.29 is 0 Å². The Morgan fingerprint density at radius 3 is 2.25 bits per heavy atom. The van der Waals surface area contributed by atoms with Crippen LogP contribution in [0.15, 0.2) is 0 Å². The van der Waals surface area contributed by atoms with Crippen LogP contribution in [0.5, 0.6) is 0 Å². The summed E-state index contributed by atoms with van der Waals surface area (Å²) in [6.45, 7) is 15.3. The van der Waals surface area contributed by atoms with E-state index in [1.807, 2.05) is 0 Å². The van der Waals surface area contributed by atoms with Crippen LogP contribution in [0.4, 0.5) is 0 Å². The molecule has 2 aliphatic rings. The molecule has 5 atom stereocenters. The molecule has 0 heteroatoms. The van der Waals surface area contributed by atoms with Gasteiger partial charge in [-0.15, -0.1) is 0 Å². The van der Waals surface area contributed by atoms with Gasteiger partial charge in [-0.1, -0.05) is 67.2 Å². The van der Waals surface area contributed by atoms with Gasteiger partial charge in [0, 0.05) is 0 Å². The van der Waals surface area contributed by atoms with Crippen LogP contribution < -0.4 is 0 Å². The molecule has 0 aromatic heterocycles. The van der Waals surface area contributed by atoms with E-state index in [4.69, 9.17) is 0 Å². The summed E-state index contributed by atoms with van der Waals surface area (Å²) in [5.74, 6) is 1.83. The van der Waals surface area contributed by atoms with Gasteiger partial charge >= 0.3 is 0 Å². The quantitative estimate of drug-likeness (QED) is 0.493. The van der Waals surface area contributed by atoms with Crippen molar-refractivity contribution in [1.82, 2.24) is 0 Å². The minimum Gasteiger partial charge on any atom is -0.0648 e. The van der Waals surface area contributed by atoms with Gasteiger partial charge in [-0.05, 0) is 60.2 Å². The second-order valence-corrected chi connectivity index (χ2v) is 9.27. The summed E-state index contributed by atoms with van der Waals surface area (Å²) in [4.78, 5) is 0.